The summed E-state index contributed by atoms with van der Waals surface area (Å²) in [6.07, 6.45) is 0. The lowest BCUT2D eigenvalue weighted by Crippen LogP contribution is -2.34. The highest BCUT2D eigenvalue weighted by atomic mass is 19.3. The predicted octanol–water partition coefficient (Wildman–Crippen LogP) is 6.22. The zero-order valence-electron chi connectivity index (χ0n) is 22.0. The standard InChI is InChI=1S/C30H29F2NO6/c1-18-26(27(34)21-9-11-22(37-4)12-10-21)24-14-13-23(39-29(31)32)15-25(24)33(18)16-19-5-7-20(8-6-19)17-38-30(2,3)28(35)36/h5-15,29H,16-17H2,1-4H3,(H,35,36). The van der Waals surface area contributed by atoms with E-state index in [1.807, 2.05) is 35.8 Å². The van der Waals surface area contributed by atoms with Crippen LogP contribution in [0.25, 0.3) is 10.9 Å². The second kappa shape index (κ2) is 11.2. The van der Waals surface area contributed by atoms with Crippen molar-refractivity contribution in [2.45, 2.75) is 46.1 Å². The first kappa shape index (κ1) is 27.8. The maximum atomic E-state index is 13.6. The van der Waals surface area contributed by atoms with Crippen LogP contribution < -0.4 is 9.47 Å². The molecule has 0 saturated carbocycles. The van der Waals surface area contributed by atoms with Gasteiger partial charge in [0.2, 0.25) is 0 Å². The average molecular weight is 538 g/mol. The zero-order valence-corrected chi connectivity index (χ0v) is 22.0. The highest BCUT2D eigenvalue weighted by Crippen LogP contribution is 2.32. The first-order chi connectivity index (χ1) is 18.5. The van der Waals surface area contributed by atoms with E-state index >= 15 is 0 Å². The van der Waals surface area contributed by atoms with Gasteiger partial charge in [-0.2, -0.15) is 8.78 Å². The summed E-state index contributed by atoms with van der Waals surface area (Å²) in [5.74, 6) is -0.632. The van der Waals surface area contributed by atoms with Crippen molar-refractivity contribution >= 4 is 22.7 Å². The van der Waals surface area contributed by atoms with Gasteiger partial charge in [0.1, 0.15) is 11.5 Å². The Morgan fingerprint density at radius 2 is 1.56 bits per heavy atom. The number of carbonyl (C=O) groups excluding carboxylic acids is 1. The van der Waals surface area contributed by atoms with E-state index in [4.69, 9.17) is 9.47 Å². The molecule has 1 heterocycles. The number of hydrogen-bond donors (Lipinski definition) is 1. The summed E-state index contributed by atoms with van der Waals surface area (Å²) >= 11 is 0. The Kier molecular flexibility index (Phi) is 8.01. The third-order valence-corrected chi connectivity index (χ3v) is 6.58. The first-order valence-corrected chi connectivity index (χ1v) is 12.2. The Balaban J connectivity index is 1.69. The molecule has 0 aliphatic heterocycles. The van der Waals surface area contributed by atoms with Crippen LogP contribution in [0.15, 0.2) is 66.7 Å². The average Bonchev–Trinajstić information content (AvgIpc) is 3.17. The molecular weight excluding hydrogens is 508 g/mol. The number of benzene rings is 3. The molecule has 0 spiro atoms. The molecule has 9 heteroatoms. The molecule has 1 N–H and O–H groups in total. The van der Waals surface area contributed by atoms with Crippen LogP contribution in [0.1, 0.15) is 46.6 Å². The summed E-state index contributed by atoms with van der Waals surface area (Å²) in [5.41, 5.74) is 2.57. The van der Waals surface area contributed by atoms with Crippen LogP contribution in [0.3, 0.4) is 0 Å². The number of halogens is 2. The highest BCUT2D eigenvalue weighted by Gasteiger charge is 2.28. The van der Waals surface area contributed by atoms with E-state index in [1.165, 1.54) is 26.0 Å². The van der Waals surface area contributed by atoms with Gasteiger partial charge in [-0.25, -0.2) is 4.79 Å². The third kappa shape index (κ3) is 6.09. The molecule has 3 aromatic carbocycles. The number of nitrogens with zero attached hydrogens (tertiary/aromatic N) is 1. The largest absolute Gasteiger partial charge is 0.497 e. The van der Waals surface area contributed by atoms with Crippen LogP contribution in [-0.4, -0.2) is 40.7 Å². The van der Waals surface area contributed by atoms with Gasteiger partial charge in [-0.05, 0) is 68.3 Å². The van der Waals surface area contributed by atoms with Crippen LogP contribution in [0.2, 0.25) is 0 Å². The number of carboxylic acid groups (broad SMARTS) is 1. The number of ether oxygens (including phenoxy) is 3. The van der Waals surface area contributed by atoms with Crippen molar-refractivity contribution < 1.29 is 37.7 Å². The molecule has 0 unspecified atom stereocenters. The van der Waals surface area contributed by atoms with Gasteiger partial charge in [-0.1, -0.05) is 24.3 Å². The molecule has 1 aromatic heterocycles. The quantitative estimate of drug-likeness (QED) is 0.229. The number of alkyl halides is 2. The summed E-state index contributed by atoms with van der Waals surface area (Å²) in [5, 5.41) is 9.86. The van der Waals surface area contributed by atoms with Crippen LogP contribution in [0.4, 0.5) is 8.78 Å². The number of ketones is 1. The fourth-order valence-electron chi connectivity index (χ4n) is 4.26. The lowest BCUT2D eigenvalue weighted by atomic mass is 10.0. The van der Waals surface area contributed by atoms with Crippen molar-refractivity contribution in [2.75, 3.05) is 7.11 Å². The van der Waals surface area contributed by atoms with E-state index < -0.39 is 18.2 Å². The van der Waals surface area contributed by atoms with E-state index in [0.29, 0.717) is 40.0 Å². The summed E-state index contributed by atoms with van der Waals surface area (Å²) in [6.45, 7) is 2.30. The van der Waals surface area contributed by atoms with Gasteiger partial charge in [-0.3, -0.25) is 4.79 Å². The van der Waals surface area contributed by atoms with Gasteiger partial charge < -0.3 is 23.9 Å². The smallest absolute Gasteiger partial charge is 0.387 e. The van der Waals surface area contributed by atoms with Gasteiger partial charge in [0, 0.05) is 29.3 Å². The topological polar surface area (TPSA) is 87.0 Å². The van der Waals surface area contributed by atoms with Gasteiger partial charge in [0.05, 0.1) is 24.8 Å². The Bertz CT molecular complexity index is 1490. The minimum atomic E-state index is -2.98. The Morgan fingerprint density at radius 1 is 0.949 bits per heavy atom. The summed E-state index contributed by atoms with van der Waals surface area (Å²) < 4.78 is 43.1. The van der Waals surface area contributed by atoms with Gasteiger partial charge in [0.25, 0.3) is 0 Å². The second-order valence-electron chi connectivity index (χ2n) is 9.58. The number of aliphatic carboxylic acids is 1. The molecule has 204 valence electrons. The molecule has 0 amide bonds. The zero-order chi connectivity index (χ0) is 28.3. The molecule has 0 saturated heterocycles. The van der Waals surface area contributed by atoms with Crippen molar-refractivity contribution in [3.63, 3.8) is 0 Å². The lowest BCUT2D eigenvalue weighted by Gasteiger charge is -2.20. The van der Waals surface area contributed by atoms with Crippen molar-refractivity contribution in [3.05, 3.63) is 94.7 Å². The van der Waals surface area contributed by atoms with Gasteiger partial charge in [-0.15, -0.1) is 0 Å². The van der Waals surface area contributed by atoms with Gasteiger partial charge in [0.15, 0.2) is 11.4 Å². The molecule has 0 aliphatic carbocycles. The molecular formula is C30H29F2NO6. The number of carboxylic acids is 1. The number of rotatable bonds is 11. The van der Waals surface area contributed by atoms with E-state index in [1.54, 1.807) is 37.4 Å². The Hall–Kier alpha value is -4.24. The van der Waals surface area contributed by atoms with E-state index in [2.05, 4.69) is 4.74 Å². The van der Waals surface area contributed by atoms with Crippen LogP contribution in [0.5, 0.6) is 11.5 Å². The monoisotopic (exact) mass is 537 g/mol. The molecule has 4 aromatic rings. The van der Waals surface area contributed by atoms with Crippen molar-refractivity contribution in [3.8, 4) is 11.5 Å². The molecule has 4 rings (SSSR count). The number of carbonyl (C=O) groups is 2. The number of aromatic nitrogens is 1. The van der Waals surface area contributed by atoms with E-state index in [-0.39, 0.29) is 18.1 Å². The minimum Gasteiger partial charge on any atom is -0.497 e. The van der Waals surface area contributed by atoms with E-state index in [0.717, 1.165) is 11.1 Å². The maximum Gasteiger partial charge on any atom is 0.387 e. The van der Waals surface area contributed by atoms with Crippen molar-refractivity contribution in [1.29, 1.82) is 0 Å². The molecule has 7 nitrogen and oxygen atoms in total. The summed E-state index contributed by atoms with van der Waals surface area (Å²) in [7, 11) is 1.55. The number of methoxy groups -OCH3 is 1. The fourth-order valence-corrected chi connectivity index (χ4v) is 4.26. The molecule has 0 radical (unpaired) electrons. The lowest BCUT2D eigenvalue weighted by molar-refractivity contribution is -0.162. The number of fused-ring (bicyclic) bond motifs is 1. The summed E-state index contributed by atoms with van der Waals surface area (Å²) in [4.78, 5) is 24.9. The molecule has 0 aliphatic rings. The van der Waals surface area contributed by atoms with Crippen LogP contribution in [0, 0.1) is 6.92 Å². The first-order valence-electron chi connectivity index (χ1n) is 12.2. The molecule has 39 heavy (non-hydrogen) atoms. The van der Waals surface area contributed by atoms with Crippen LogP contribution in [-0.2, 0) is 22.7 Å². The fraction of sp³-hybridized carbons (Fsp3) is 0.267. The molecule has 0 fully saturated rings. The van der Waals surface area contributed by atoms with Crippen molar-refractivity contribution in [1.82, 2.24) is 4.57 Å². The van der Waals surface area contributed by atoms with E-state index in [9.17, 15) is 23.5 Å². The third-order valence-electron chi connectivity index (χ3n) is 6.58. The predicted molar refractivity (Wildman–Crippen MR) is 142 cm³/mol. The SMILES string of the molecule is COc1ccc(C(=O)c2c(C)n(Cc3ccc(COC(C)(C)C(=O)O)cc3)c3cc(OC(F)F)ccc23)cc1. The second-order valence-corrected chi connectivity index (χ2v) is 9.58. The number of hydrogen-bond acceptors (Lipinski definition) is 5. The van der Waals surface area contributed by atoms with Gasteiger partial charge >= 0.3 is 12.6 Å². The molecule has 0 bridgehead atoms. The normalized spacial score (nSPS) is 11.7. The Labute approximate surface area is 224 Å². The van der Waals surface area contributed by atoms with Crippen molar-refractivity contribution in [2.24, 2.45) is 0 Å². The minimum absolute atomic E-state index is 0.00626. The highest BCUT2D eigenvalue weighted by molar-refractivity contribution is 6.17. The maximum absolute atomic E-state index is 13.6. The Morgan fingerprint density at radius 3 is 2.15 bits per heavy atom. The summed E-state index contributed by atoms with van der Waals surface area (Å²) in [6, 6.07) is 18.8. The van der Waals surface area contributed by atoms with Crippen LogP contribution >= 0.6 is 0 Å². The molecule has 0 atom stereocenters.